The number of nitrogens with zero attached hydrogens (tertiary/aromatic N) is 2. The number of thiazole rings is 1. The highest BCUT2D eigenvalue weighted by Crippen LogP contribution is 2.34. The highest BCUT2D eigenvalue weighted by molar-refractivity contribution is 7.09. The van der Waals surface area contributed by atoms with Crippen molar-refractivity contribution in [3.05, 3.63) is 45.4 Å². The van der Waals surface area contributed by atoms with Gasteiger partial charge in [0, 0.05) is 17.6 Å². The lowest BCUT2D eigenvalue weighted by atomic mass is 9.98. The Balaban J connectivity index is 1.82. The van der Waals surface area contributed by atoms with E-state index in [0.29, 0.717) is 5.92 Å². The van der Waals surface area contributed by atoms with Gasteiger partial charge in [0.25, 0.3) is 0 Å². The molecule has 1 aromatic carbocycles. The number of carbonyl (C=O) groups excluding carboxylic acids is 1. The van der Waals surface area contributed by atoms with Gasteiger partial charge in [-0.1, -0.05) is 32.0 Å². The molecule has 0 unspecified atom stereocenters. The Morgan fingerprint density at radius 1 is 1.38 bits per heavy atom. The van der Waals surface area contributed by atoms with Gasteiger partial charge in [-0.15, -0.1) is 11.3 Å². The van der Waals surface area contributed by atoms with Crippen LogP contribution in [0, 0.1) is 13.8 Å². The van der Waals surface area contributed by atoms with Gasteiger partial charge in [0.1, 0.15) is 0 Å². The summed E-state index contributed by atoms with van der Waals surface area (Å²) in [5.74, 6) is 0.371. The number of likely N-dealkylation sites (tertiary alicyclic amines) is 1. The van der Waals surface area contributed by atoms with Crippen LogP contribution >= 0.6 is 11.3 Å². The third-order valence-electron chi connectivity index (χ3n) is 4.65. The Hall–Kier alpha value is -1.88. The summed E-state index contributed by atoms with van der Waals surface area (Å²) < 4.78 is 0. The second-order valence-corrected chi connectivity index (χ2v) is 7.83. The molecule has 2 amide bonds. The van der Waals surface area contributed by atoms with Gasteiger partial charge < -0.3 is 10.2 Å². The van der Waals surface area contributed by atoms with Crippen molar-refractivity contribution in [2.45, 2.75) is 52.5 Å². The average molecular weight is 343 g/mol. The van der Waals surface area contributed by atoms with Crippen molar-refractivity contribution in [3.63, 3.8) is 0 Å². The van der Waals surface area contributed by atoms with Crippen molar-refractivity contribution in [2.75, 3.05) is 11.9 Å². The van der Waals surface area contributed by atoms with Gasteiger partial charge in [-0.2, -0.15) is 0 Å². The molecule has 2 aromatic rings. The molecular formula is C19H25N3OS. The van der Waals surface area contributed by atoms with E-state index in [4.69, 9.17) is 0 Å². The highest BCUT2D eigenvalue weighted by Gasteiger charge is 2.32. The molecule has 24 heavy (non-hydrogen) atoms. The van der Waals surface area contributed by atoms with E-state index in [1.807, 2.05) is 24.8 Å². The van der Waals surface area contributed by atoms with Crippen molar-refractivity contribution in [1.29, 1.82) is 0 Å². The van der Waals surface area contributed by atoms with Crippen LogP contribution in [0.1, 0.15) is 60.5 Å². The number of anilines is 1. The normalized spacial score (nSPS) is 17.5. The number of benzene rings is 1. The topological polar surface area (TPSA) is 45.2 Å². The first-order valence-electron chi connectivity index (χ1n) is 8.56. The van der Waals surface area contributed by atoms with Crippen molar-refractivity contribution in [3.8, 4) is 0 Å². The van der Waals surface area contributed by atoms with Crippen LogP contribution in [0.4, 0.5) is 10.5 Å². The molecule has 2 heterocycles. The summed E-state index contributed by atoms with van der Waals surface area (Å²) in [4.78, 5) is 19.5. The van der Waals surface area contributed by atoms with Crippen LogP contribution in [0.5, 0.6) is 0 Å². The maximum Gasteiger partial charge on any atom is 0.322 e. The van der Waals surface area contributed by atoms with Crippen LogP contribution in [0.15, 0.2) is 23.6 Å². The summed E-state index contributed by atoms with van der Waals surface area (Å²) in [6.45, 7) is 9.15. The first-order chi connectivity index (χ1) is 11.5. The maximum atomic E-state index is 12.9. The molecule has 0 bridgehead atoms. The molecule has 4 nitrogen and oxygen atoms in total. The largest absolute Gasteiger partial charge is 0.322 e. The lowest BCUT2D eigenvalue weighted by molar-refractivity contribution is 0.206. The van der Waals surface area contributed by atoms with Gasteiger partial charge in [-0.25, -0.2) is 9.78 Å². The van der Waals surface area contributed by atoms with E-state index in [1.165, 1.54) is 5.56 Å². The molecule has 0 saturated carbocycles. The number of urea groups is 1. The molecule has 3 rings (SSSR count). The Labute approximate surface area is 147 Å². The van der Waals surface area contributed by atoms with Crippen molar-refractivity contribution in [2.24, 2.45) is 0 Å². The minimum atomic E-state index is -0.0145. The number of hydrogen-bond donors (Lipinski definition) is 1. The van der Waals surface area contributed by atoms with Crippen molar-refractivity contribution in [1.82, 2.24) is 9.88 Å². The molecule has 1 N–H and O–H groups in total. The number of rotatable bonds is 3. The summed E-state index contributed by atoms with van der Waals surface area (Å²) >= 11 is 1.65. The number of hydrogen-bond acceptors (Lipinski definition) is 3. The molecule has 1 aliphatic heterocycles. The first-order valence-corrected chi connectivity index (χ1v) is 9.44. The zero-order valence-corrected chi connectivity index (χ0v) is 15.6. The van der Waals surface area contributed by atoms with Gasteiger partial charge >= 0.3 is 6.03 Å². The molecule has 0 radical (unpaired) electrons. The minimum Gasteiger partial charge on any atom is -0.316 e. The fourth-order valence-corrected chi connectivity index (χ4v) is 4.03. The SMILES string of the molecule is Cc1nc([C@@H]2CCCN2C(=O)Nc2c(C)cccc2C(C)C)cs1. The van der Waals surface area contributed by atoms with Crippen LogP contribution in [0.25, 0.3) is 0 Å². The van der Waals surface area contributed by atoms with E-state index in [2.05, 4.69) is 41.7 Å². The molecule has 1 atom stereocenters. The Morgan fingerprint density at radius 3 is 2.83 bits per heavy atom. The van der Waals surface area contributed by atoms with Gasteiger partial charge in [-0.05, 0) is 43.7 Å². The molecule has 1 saturated heterocycles. The Kier molecular flexibility index (Phi) is 4.90. The molecule has 5 heteroatoms. The second-order valence-electron chi connectivity index (χ2n) is 6.77. The monoisotopic (exact) mass is 343 g/mol. The fourth-order valence-electron chi connectivity index (χ4n) is 3.37. The lowest BCUT2D eigenvalue weighted by Crippen LogP contribution is -2.35. The second kappa shape index (κ2) is 6.93. The lowest BCUT2D eigenvalue weighted by Gasteiger charge is -2.25. The number of amides is 2. The predicted molar refractivity (Wildman–Crippen MR) is 99.8 cm³/mol. The number of aromatic nitrogens is 1. The zero-order valence-electron chi connectivity index (χ0n) is 14.8. The van der Waals surface area contributed by atoms with Gasteiger partial charge in [0.05, 0.1) is 16.7 Å². The summed E-state index contributed by atoms with van der Waals surface area (Å²) in [5.41, 5.74) is 4.27. The third-order valence-corrected chi connectivity index (χ3v) is 5.44. The molecule has 1 aromatic heterocycles. The van der Waals surface area contributed by atoms with E-state index in [9.17, 15) is 4.79 Å². The third kappa shape index (κ3) is 3.31. The number of para-hydroxylation sites is 1. The standard InChI is InChI=1S/C19H25N3OS/c1-12(2)15-8-5-7-13(3)18(15)21-19(23)22-10-6-9-17(22)16-11-24-14(4)20-16/h5,7-8,11-12,17H,6,9-10H2,1-4H3,(H,21,23)/t17-/m0/s1. The summed E-state index contributed by atoms with van der Waals surface area (Å²) in [6, 6.07) is 6.28. The van der Waals surface area contributed by atoms with E-state index >= 15 is 0 Å². The zero-order chi connectivity index (χ0) is 17.3. The van der Waals surface area contributed by atoms with E-state index < -0.39 is 0 Å². The van der Waals surface area contributed by atoms with E-state index in [-0.39, 0.29) is 12.1 Å². The Morgan fingerprint density at radius 2 is 2.17 bits per heavy atom. The van der Waals surface area contributed by atoms with Crippen LogP contribution in [0.3, 0.4) is 0 Å². The highest BCUT2D eigenvalue weighted by atomic mass is 32.1. The predicted octanol–water partition coefficient (Wildman–Crippen LogP) is 5.25. The number of aryl methyl sites for hydroxylation is 2. The van der Waals surface area contributed by atoms with Gasteiger partial charge in [-0.3, -0.25) is 0 Å². The fraction of sp³-hybridized carbons (Fsp3) is 0.474. The minimum absolute atomic E-state index is 0.0145. The van der Waals surface area contributed by atoms with Gasteiger partial charge in [0.15, 0.2) is 0 Å². The molecule has 0 spiro atoms. The Bertz CT molecular complexity index is 738. The summed E-state index contributed by atoms with van der Waals surface area (Å²) in [6.07, 6.45) is 2.01. The van der Waals surface area contributed by atoms with Crippen LogP contribution in [0.2, 0.25) is 0 Å². The molecule has 128 valence electrons. The van der Waals surface area contributed by atoms with Crippen LogP contribution in [-0.4, -0.2) is 22.5 Å². The van der Waals surface area contributed by atoms with E-state index in [1.54, 1.807) is 11.3 Å². The maximum absolute atomic E-state index is 12.9. The molecule has 0 aliphatic carbocycles. The van der Waals surface area contributed by atoms with Crippen LogP contribution < -0.4 is 5.32 Å². The molecule has 1 fully saturated rings. The summed E-state index contributed by atoms with van der Waals surface area (Å²) in [5, 5.41) is 6.31. The quantitative estimate of drug-likeness (QED) is 0.827. The van der Waals surface area contributed by atoms with Crippen molar-refractivity contribution >= 4 is 23.1 Å². The van der Waals surface area contributed by atoms with Crippen molar-refractivity contribution < 1.29 is 4.79 Å². The van der Waals surface area contributed by atoms with E-state index in [0.717, 1.165) is 41.3 Å². The number of nitrogens with one attached hydrogen (secondary N) is 1. The average Bonchev–Trinajstić information content (AvgIpc) is 3.17. The first kappa shape index (κ1) is 17.0. The van der Waals surface area contributed by atoms with Gasteiger partial charge in [0.2, 0.25) is 0 Å². The summed E-state index contributed by atoms with van der Waals surface area (Å²) in [7, 11) is 0. The smallest absolute Gasteiger partial charge is 0.316 e. The number of carbonyl (C=O) groups is 1. The van der Waals surface area contributed by atoms with Crippen LogP contribution in [-0.2, 0) is 0 Å². The molecular weight excluding hydrogens is 318 g/mol. The molecule has 1 aliphatic rings.